The number of aliphatic hydroxyl groups excluding tert-OH is 1. The molecular formula is C19H21N3O2. The highest BCUT2D eigenvalue weighted by molar-refractivity contribution is 5.95. The summed E-state index contributed by atoms with van der Waals surface area (Å²) in [5, 5.41) is 21.2. The van der Waals surface area contributed by atoms with Gasteiger partial charge in [0.05, 0.1) is 18.2 Å². The maximum absolute atomic E-state index is 12.6. The summed E-state index contributed by atoms with van der Waals surface area (Å²) in [4.78, 5) is 14.2. The molecular weight excluding hydrogens is 302 g/mol. The molecule has 0 saturated carbocycles. The minimum atomic E-state index is -0.0885. The van der Waals surface area contributed by atoms with Gasteiger partial charge in [0.25, 0.3) is 5.91 Å². The molecule has 2 aromatic carbocycles. The third-order valence-corrected chi connectivity index (χ3v) is 3.56. The molecule has 5 nitrogen and oxygen atoms in total. The van der Waals surface area contributed by atoms with Crippen LogP contribution in [0, 0.1) is 11.3 Å². The number of hydrogen-bond acceptors (Lipinski definition) is 4. The topological polar surface area (TPSA) is 76.4 Å². The second-order valence-corrected chi connectivity index (χ2v) is 5.41. The second kappa shape index (κ2) is 8.70. The standard InChI is InChI=1S/C19H21N3O2/c1-2-10-22(11-12-23)19(24)16-4-3-5-18(13-16)21-17-8-6-15(14-20)7-9-17/h3-9,13,21,23H,2,10-12H2,1H3. The first-order valence-corrected chi connectivity index (χ1v) is 7.95. The van der Waals surface area contributed by atoms with Crippen molar-refractivity contribution in [2.45, 2.75) is 13.3 Å². The first kappa shape index (κ1) is 17.5. The van der Waals surface area contributed by atoms with E-state index in [1.54, 1.807) is 29.2 Å². The Morgan fingerprint density at radius 1 is 1.17 bits per heavy atom. The average molecular weight is 323 g/mol. The number of rotatable bonds is 7. The zero-order valence-electron chi connectivity index (χ0n) is 13.7. The molecule has 0 unspecified atom stereocenters. The third-order valence-electron chi connectivity index (χ3n) is 3.56. The van der Waals surface area contributed by atoms with Crippen LogP contribution in [0.5, 0.6) is 0 Å². The van der Waals surface area contributed by atoms with E-state index >= 15 is 0 Å². The fourth-order valence-electron chi connectivity index (χ4n) is 2.41. The Hall–Kier alpha value is -2.84. The van der Waals surface area contributed by atoms with Crippen LogP contribution in [0.2, 0.25) is 0 Å². The molecule has 0 heterocycles. The Morgan fingerprint density at radius 2 is 1.92 bits per heavy atom. The summed E-state index contributed by atoms with van der Waals surface area (Å²) in [6.07, 6.45) is 0.842. The minimum Gasteiger partial charge on any atom is -0.395 e. The van der Waals surface area contributed by atoms with Gasteiger partial charge in [-0.05, 0) is 48.9 Å². The van der Waals surface area contributed by atoms with Gasteiger partial charge in [-0.2, -0.15) is 5.26 Å². The molecule has 5 heteroatoms. The monoisotopic (exact) mass is 323 g/mol. The van der Waals surface area contributed by atoms with Gasteiger partial charge in [-0.3, -0.25) is 4.79 Å². The maximum atomic E-state index is 12.6. The van der Waals surface area contributed by atoms with E-state index < -0.39 is 0 Å². The Balaban J connectivity index is 2.15. The quantitative estimate of drug-likeness (QED) is 0.820. The molecule has 0 aliphatic rings. The van der Waals surface area contributed by atoms with E-state index in [1.165, 1.54) is 0 Å². The summed E-state index contributed by atoms with van der Waals surface area (Å²) in [5.41, 5.74) is 2.82. The van der Waals surface area contributed by atoms with Crippen LogP contribution in [-0.2, 0) is 0 Å². The highest BCUT2D eigenvalue weighted by Gasteiger charge is 2.14. The molecule has 2 N–H and O–H groups in total. The number of hydrogen-bond donors (Lipinski definition) is 2. The molecule has 0 radical (unpaired) electrons. The van der Waals surface area contributed by atoms with Gasteiger partial charge in [0.2, 0.25) is 0 Å². The number of benzene rings is 2. The molecule has 0 fully saturated rings. The Kier molecular flexibility index (Phi) is 6.35. The zero-order chi connectivity index (χ0) is 17.4. The van der Waals surface area contributed by atoms with Crippen molar-refractivity contribution in [2.24, 2.45) is 0 Å². The van der Waals surface area contributed by atoms with Crippen LogP contribution in [0.4, 0.5) is 11.4 Å². The number of nitriles is 1. The first-order valence-electron chi connectivity index (χ1n) is 7.95. The Bertz CT molecular complexity index is 714. The summed E-state index contributed by atoms with van der Waals surface area (Å²) >= 11 is 0. The number of nitrogens with zero attached hydrogens (tertiary/aromatic N) is 2. The van der Waals surface area contributed by atoms with Gasteiger partial charge in [-0.1, -0.05) is 13.0 Å². The molecule has 2 aromatic rings. The lowest BCUT2D eigenvalue weighted by Crippen LogP contribution is -2.34. The normalized spacial score (nSPS) is 10.0. The van der Waals surface area contributed by atoms with E-state index in [1.807, 2.05) is 31.2 Å². The van der Waals surface area contributed by atoms with E-state index in [9.17, 15) is 4.79 Å². The molecule has 24 heavy (non-hydrogen) atoms. The zero-order valence-corrected chi connectivity index (χ0v) is 13.7. The van der Waals surface area contributed by atoms with E-state index in [-0.39, 0.29) is 12.5 Å². The molecule has 0 saturated heterocycles. The highest BCUT2D eigenvalue weighted by Crippen LogP contribution is 2.19. The number of carbonyl (C=O) groups excluding carboxylic acids is 1. The summed E-state index contributed by atoms with van der Waals surface area (Å²) in [5.74, 6) is -0.0885. The molecule has 0 bridgehead atoms. The van der Waals surface area contributed by atoms with E-state index in [4.69, 9.17) is 10.4 Å². The van der Waals surface area contributed by atoms with Gasteiger partial charge in [0, 0.05) is 30.0 Å². The summed E-state index contributed by atoms with van der Waals surface area (Å²) in [7, 11) is 0. The lowest BCUT2D eigenvalue weighted by atomic mass is 10.1. The van der Waals surface area contributed by atoms with E-state index in [0.29, 0.717) is 24.2 Å². The molecule has 0 atom stereocenters. The molecule has 124 valence electrons. The molecule has 1 amide bonds. The van der Waals surface area contributed by atoms with Crippen molar-refractivity contribution in [1.82, 2.24) is 4.90 Å². The SMILES string of the molecule is CCCN(CCO)C(=O)c1cccc(Nc2ccc(C#N)cc2)c1. The van der Waals surface area contributed by atoms with Crippen molar-refractivity contribution >= 4 is 17.3 Å². The lowest BCUT2D eigenvalue weighted by molar-refractivity contribution is 0.0722. The smallest absolute Gasteiger partial charge is 0.254 e. The van der Waals surface area contributed by atoms with Gasteiger partial charge in [0.15, 0.2) is 0 Å². The van der Waals surface area contributed by atoms with Crippen molar-refractivity contribution in [1.29, 1.82) is 5.26 Å². The van der Waals surface area contributed by atoms with Gasteiger partial charge < -0.3 is 15.3 Å². The van der Waals surface area contributed by atoms with Gasteiger partial charge >= 0.3 is 0 Å². The van der Waals surface area contributed by atoms with Crippen molar-refractivity contribution in [3.63, 3.8) is 0 Å². The molecule has 0 aliphatic carbocycles. The lowest BCUT2D eigenvalue weighted by Gasteiger charge is -2.21. The van der Waals surface area contributed by atoms with Crippen molar-refractivity contribution in [3.05, 3.63) is 59.7 Å². The maximum Gasteiger partial charge on any atom is 0.254 e. The van der Waals surface area contributed by atoms with Crippen LogP contribution in [0.3, 0.4) is 0 Å². The van der Waals surface area contributed by atoms with Crippen molar-refractivity contribution < 1.29 is 9.90 Å². The van der Waals surface area contributed by atoms with Crippen LogP contribution < -0.4 is 5.32 Å². The fraction of sp³-hybridized carbons (Fsp3) is 0.263. The second-order valence-electron chi connectivity index (χ2n) is 5.41. The van der Waals surface area contributed by atoms with Crippen LogP contribution in [0.1, 0.15) is 29.3 Å². The van der Waals surface area contributed by atoms with Gasteiger partial charge in [0.1, 0.15) is 0 Å². The average Bonchev–Trinajstić information content (AvgIpc) is 2.62. The molecule has 0 aromatic heterocycles. The van der Waals surface area contributed by atoms with Crippen molar-refractivity contribution in [3.8, 4) is 6.07 Å². The Morgan fingerprint density at radius 3 is 2.54 bits per heavy atom. The number of carbonyl (C=O) groups is 1. The third kappa shape index (κ3) is 4.58. The van der Waals surface area contributed by atoms with Crippen molar-refractivity contribution in [2.75, 3.05) is 25.0 Å². The summed E-state index contributed by atoms with van der Waals surface area (Å²) < 4.78 is 0. The van der Waals surface area contributed by atoms with Gasteiger partial charge in [-0.15, -0.1) is 0 Å². The van der Waals surface area contributed by atoms with Crippen LogP contribution >= 0.6 is 0 Å². The predicted octanol–water partition coefficient (Wildman–Crippen LogP) is 3.15. The van der Waals surface area contributed by atoms with Crippen LogP contribution in [-0.4, -0.2) is 35.6 Å². The molecule has 2 rings (SSSR count). The van der Waals surface area contributed by atoms with Crippen LogP contribution in [0.15, 0.2) is 48.5 Å². The number of anilines is 2. The number of nitrogens with one attached hydrogen (secondary N) is 1. The molecule has 0 aliphatic heterocycles. The Labute approximate surface area is 142 Å². The first-order chi connectivity index (χ1) is 11.7. The van der Waals surface area contributed by atoms with E-state index in [0.717, 1.165) is 17.8 Å². The number of aliphatic hydroxyl groups is 1. The number of amides is 1. The summed E-state index contributed by atoms with van der Waals surface area (Å²) in [6, 6.07) is 16.5. The summed E-state index contributed by atoms with van der Waals surface area (Å²) in [6.45, 7) is 2.90. The van der Waals surface area contributed by atoms with Crippen LogP contribution in [0.25, 0.3) is 0 Å². The fourth-order valence-corrected chi connectivity index (χ4v) is 2.41. The largest absolute Gasteiger partial charge is 0.395 e. The van der Waals surface area contributed by atoms with E-state index in [2.05, 4.69) is 11.4 Å². The van der Waals surface area contributed by atoms with Gasteiger partial charge in [-0.25, -0.2) is 0 Å². The molecule has 0 spiro atoms. The predicted molar refractivity (Wildman–Crippen MR) is 94.2 cm³/mol. The minimum absolute atomic E-state index is 0.0467. The highest BCUT2D eigenvalue weighted by atomic mass is 16.3.